The molecule has 0 spiro atoms. The lowest BCUT2D eigenvalue weighted by Crippen LogP contribution is -2.53. The lowest BCUT2D eigenvalue weighted by atomic mass is 9.88. The average Bonchev–Trinajstić information content (AvgIpc) is 3.24. The van der Waals surface area contributed by atoms with E-state index in [1.165, 1.54) is 26.1 Å². The second-order valence-electron chi connectivity index (χ2n) is 17.2. The van der Waals surface area contributed by atoms with Gasteiger partial charge in [-0.1, -0.05) is 51.1 Å². The van der Waals surface area contributed by atoms with Gasteiger partial charge in [-0.25, -0.2) is 14.8 Å². The van der Waals surface area contributed by atoms with Gasteiger partial charge in [-0.3, -0.25) is 19.2 Å². The summed E-state index contributed by atoms with van der Waals surface area (Å²) in [7, 11) is 1.30. The molecule has 1 aromatic heterocycles. The summed E-state index contributed by atoms with van der Waals surface area (Å²) in [6, 6.07) is 10.9. The number of carbonyl (C=O) groups excluding carboxylic acids is 4. The van der Waals surface area contributed by atoms with Crippen molar-refractivity contribution in [2.75, 3.05) is 45.6 Å². The number of anilines is 1. The summed E-state index contributed by atoms with van der Waals surface area (Å²) in [6.07, 6.45) is -0.0119. The number of aliphatic hydroxyl groups is 1. The Hall–Kier alpha value is -6.83. The fourth-order valence-electron chi connectivity index (χ4n) is 7.21. The molecule has 1 aliphatic heterocycles. The molecule has 12 N–H and O–H groups in total. The largest absolute Gasteiger partial charge is 0.504 e. The Labute approximate surface area is 377 Å². The van der Waals surface area contributed by atoms with E-state index in [0.29, 0.717) is 29.9 Å². The molecule has 1 aliphatic rings. The highest BCUT2D eigenvalue weighted by Crippen LogP contribution is 2.44. The van der Waals surface area contributed by atoms with Gasteiger partial charge in [-0.05, 0) is 79.6 Å². The number of phenols is 1. The number of phenolic OH excluding ortho intramolecular Hbond substituents is 1. The number of hydrogen-bond acceptors (Lipinski definition) is 14. The van der Waals surface area contributed by atoms with Crippen LogP contribution in [0.3, 0.4) is 0 Å². The van der Waals surface area contributed by atoms with Crippen molar-refractivity contribution in [1.82, 2.24) is 30.8 Å². The fourth-order valence-corrected chi connectivity index (χ4v) is 7.21. The molecule has 2 heterocycles. The van der Waals surface area contributed by atoms with Gasteiger partial charge in [0.05, 0.1) is 18.8 Å². The van der Waals surface area contributed by atoms with E-state index in [-0.39, 0.29) is 76.9 Å². The highest BCUT2D eigenvalue weighted by Gasteiger charge is 2.35. The number of carboxylic acid groups (broad SMARTS) is 1. The maximum absolute atomic E-state index is 14.4. The minimum Gasteiger partial charge on any atom is -0.504 e. The maximum atomic E-state index is 14.4. The molecule has 0 radical (unpaired) electrons. The van der Waals surface area contributed by atoms with Crippen LogP contribution in [0, 0.1) is 12.3 Å². The number of amides is 4. The Morgan fingerprint density at radius 1 is 0.969 bits per heavy atom. The molecule has 19 nitrogen and oxygen atoms in total. The van der Waals surface area contributed by atoms with E-state index in [1.54, 1.807) is 25.1 Å². The van der Waals surface area contributed by atoms with Crippen molar-refractivity contribution in [1.29, 1.82) is 0 Å². The van der Waals surface area contributed by atoms with E-state index in [9.17, 15) is 39.3 Å². The van der Waals surface area contributed by atoms with Crippen molar-refractivity contribution >= 4 is 35.4 Å². The van der Waals surface area contributed by atoms with Crippen molar-refractivity contribution in [3.05, 3.63) is 82.5 Å². The van der Waals surface area contributed by atoms with E-state index in [4.69, 9.17) is 26.7 Å². The Kier molecular flexibility index (Phi) is 16.1. The number of likely N-dealkylation sites (N-methyl/N-ethyl adjacent to an activating group) is 1. The van der Waals surface area contributed by atoms with Crippen LogP contribution in [0.2, 0.25) is 0 Å². The molecule has 0 unspecified atom stereocenters. The normalized spacial score (nSPS) is 16.9. The lowest BCUT2D eigenvalue weighted by Gasteiger charge is -2.30. The molecule has 5 rings (SSSR count). The summed E-state index contributed by atoms with van der Waals surface area (Å²) < 4.78 is 11.9. The van der Waals surface area contributed by atoms with Crippen LogP contribution in [-0.4, -0.2) is 118 Å². The van der Waals surface area contributed by atoms with Gasteiger partial charge in [-0.15, -0.1) is 0 Å². The molecule has 4 aromatic rings. The number of nitrogen functional groups attached to an aromatic ring is 1. The molecule has 65 heavy (non-hydrogen) atoms. The summed E-state index contributed by atoms with van der Waals surface area (Å²) >= 11 is 0. The van der Waals surface area contributed by atoms with E-state index in [0.717, 1.165) is 16.9 Å². The van der Waals surface area contributed by atoms with Crippen molar-refractivity contribution in [2.45, 2.75) is 78.1 Å². The number of nitrogens with zero attached hydrogens (tertiary/aromatic N) is 3. The SMILES string of the molecule is Cc1nc(-c2ccc(CC(C)(C)C)cc2)nc(N)c1C(=O)NCC(=O)N(C)[C@@H]1C(=O)N[C@@H](C)C(=O)N[C@H](C(=O)O)Cc2ccc(OCCCN)c(c2)-c2cc1cc(OC[C@H](O)CN)c2O. The van der Waals surface area contributed by atoms with Crippen LogP contribution >= 0.6 is 0 Å². The lowest BCUT2D eigenvalue weighted by molar-refractivity contribution is -0.142. The highest BCUT2D eigenvalue weighted by molar-refractivity contribution is 6.01. The van der Waals surface area contributed by atoms with Crippen molar-refractivity contribution in [3.8, 4) is 39.8 Å². The smallest absolute Gasteiger partial charge is 0.326 e. The summed E-state index contributed by atoms with van der Waals surface area (Å²) in [4.78, 5) is 77.9. The molecule has 0 saturated heterocycles. The van der Waals surface area contributed by atoms with Crippen LogP contribution in [0.5, 0.6) is 17.2 Å². The monoisotopic (exact) mass is 897 g/mol. The molecule has 0 aliphatic carbocycles. The number of ether oxygens (including phenoxy) is 2. The van der Waals surface area contributed by atoms with Crippen LogP contribution in [0.15, 0.2) is 54.6 Å². The zero-order valence-corrected chi connectivity index (χ0v) is 37.4. The summed E-state index contributed by atoms with van der Waals surface area (Å²) in [5.74, 6) is -4.83. The number of aromatic hydroxyl groups is 1. The number of rotatable bonds is 15. The number of benzene rings is 3. The first-order valence-electron chi connectivity index (χ1n) is 21.2. The molecule has 4 atom stereocenters. The van der Waals surface area contributed by atoms with Crippen LogP contribution in [0.1, 0.15) is 72.9 Å². The van der Waals surface area contributed by atoms with E-state index >= 15 is 0 Å². The summed E-state index contributed by atoms with van der Waals surface area (Å²) in [5, 5.41) is 39.8. The Bertz CT molecular complexity index is 2380. The van der Waals surface area contributed by atoms with Crippen LogP contribution in [-0.2, 0) is 32.0 Å². The number of nitrogens with two attached hydrogens (primary N) is 3. The first-order chi connectivity index (χ1) is 30.7. The third-order valence-electron chi connectivity index (χ3n) is 10.6. The number of fused-ring (bicyclic) bond motifs is 5. The molecule has 19 heteroatoms. The van der Waals surface area contributed by atoms with Crippen LogP contribution in [0.4, 0.5) is 5.82 Å². The zero-order chi connectivity index (χ0) is 47.7. The fraction of sp³-hybridized carbons (Fsp3) is 0.413. The van der Waals surface area contributed by atoms with Gasteiger partial charge in [0.2, 0.25) is 17.7 Å². The molecular weight excluding hydrogens is 839 g/mol. The minimum atomic E-state index is -1.58. The minimum absolute atomic E-state index is 0.0487. The number of aliphatic hydroxyl groups excluding tert-OH is 1. The first-order valence-corrected chi connectivity index (χ1v) is 21.2. The molecule has 3 aromatic carbocycles. The molecule has 4 bridgehead atoms. The third kappa shape index (κ3) is 12.5. The van der Waals surface area contributed by atoms with Crippen LogP contribution < -0.4 is 42.6 Å². The van der Waals surface area contributed by atoms with Gasteiger partial charge in [0.1, 0.15) is 48.0 Å². The Morgan fingerprint density at radius 2 is 1.68 bits per heavy atom. The molecule has 4 amide bonds. The van der Waals surface area contributed by atoms with E-state index < -0.39 is 66.1 Å². The Balaban J connectivity index is 1.53. The van der Waals surface area contributed by atoms with E-state index in [1.807, 2.05) is 24.3 Å². The molecule has 348 valence electrons. The third-order valence-corrected chi connectivity index (χ3v) is 10.6. The van der Waals surface area contributed by atoms with Gasteiger partial charge < -0.3 is 62.8 Å². The number of aryl methyl sites for hydroxylation is 1. The van der Waals surface area contributed by atoms with E-state index in [2.05, 4.69) is 46.7 Å². The number of hydrogen-bond donors (Lipinski definition) is 9. The second-order valence-corrected chi connectivity index (χ2v) is 17.2. The number of aromatic nitrogens is 2. The number of aliphatic carboxylic acids is 1. The predicted molar refractivity (Wildman–Crippen MR) is 242 cm³/mol. The number of carbonyl (C=O) groups is 5. The standard InChI is InChI=1S/C46H59N9O10/c1-24-37(40(49)54-41(51-24)28-11-8-26(9-12-28)20-46(3,4)5)43(60)50-22-36(57)55(6)38-29-18-32(39(58)35(19-29)65-23-30(56)21-48)31-16-27(10-13-34(31)64-15-7-14-47)17-33(45(62)63)53-42(59)25(2)52-44(38)61/h8-13,16,18-19,25,30,33,38,56,58H,7,14-15,17,20-23,47-48H2,1-6H3,(H,50,60)(H,52,61)(H,53,59)(H,62,63)(H2,49,51,54)/t25-,30+,33-,38-/m0/s1. The quantitative estimate of drug-likeness (QED) is 0.0771. The predicted octanol–water partition coefficient (Wildman–Crippen LogP) is 1.98. The van der Waals surface area contributed by atoms with Gasteiger partial charge in [0.15, 0.2) is 17.3 Å². The van der Waals surface area contributed by atoms with Gasteiger partial charge in [0, 0.05) is 36.7 Å². The summed E-state index contributed by atoms with van der Waals surface area (Å²) in [6.45, 7) is 8.66. The molecular formula is C46H59N9O10. The van der Waals surface area contributed by atoms with Gasteiger partial charge in [0.25, 0.3) is 5.91 Å². The van der Waals surface area contributed by atoms with Crippen molar-refractivity contribution < 1.29 is 48.8 Å². The summed E-state index contributed by atoms with van der Waals surface area (Å²) in [5.41, 5.74) is 20.6. The van der Waals surface area contributed by atoms with Gasteiger partial charge >= 0.3 is 5.97 Å². The first kappa shape index (κ1) is 49.2. The Morgan fingerprint density at radius 3 is 2.31 bits per heavy atom. The number of carboxylic acids is 1. The average molecular weight is 898 g/mol. The van der Waals surface area contributed by atoms with Crippen molar-refractivity contribution in [3.63, 3.8) is 0 Å². The number of nitrogens with one attached hydrogen (secondary N) is 3. The highest BCUT2D eigenvalue weighted by atomic mass is 16.5. The molecule has 0 fully saturated rings. The topological polar surface area (TPSA) is 308 Å². The van der Waals surface area contributed by atoms with Crippen LogP contribution in [0.25, 0.3) is 22.5 Å². The van der Waals surface area contributed by atoms with Crippen molar-refractivity contribution in [2.24, 2.45) is 16.9 Å². The zero-order valence-electron chi connectivity index (χ0n) is 37.4. The van der Waals surface area contributed by atoms with Gasteiger partial charge in [-0.2, -0.15) is 0 Å². The second kappa shape index (κ2) is 21.2. The molecule has 0 saturated carbocycles. The maximum Gasteiger partial charge on any atom is 0.326 e.